The van der Waals surface area contributed by atoms with Gasteiger partial charge in [0.1, 0.15) is 4.90 Å². The van der Waals surface area contributed by atoms with Crippen LogP contribution >= 0.6 is 27.3 Å². The van der Waals surface area contributed by atoms with Gasteiger partial charge in [0.15, 0.2) is 9.84 Å². The molecule has 0 aliphatic carbocycles. The monoisotopic (exact) mass is 389 g/mol. The molecule has 108 valence electrons. The number of nitrogens with one attached hydrogen (secondary N) is 1. The van der Waals surface area contributed by atoms with Crippen LogP contribution in [0.4, 0.5) is 0 Å². The number of rotatable bonds is 4. The summed E-state index contributed by atoms with van der Waals surface area (Å²) < 4.78 is 49.7. The van der Waals surface area contributed by atoms with Crippen molar-refractivity contribution in [2.75, 3.05) is 11.5 Å². The molecule has 10 heteroatoms. The molecule has 0 aromatic carbocycles. The predicted octanol–water partition coefficient (Wildman–Crippen LogP) is 0.468. The van der Waals surface area contributed by atoms with E-state index in [2.05, 4.69) is 20.7 Å². The van der Waals surface area contributed by atoms with Crippen molar-refractivity contribution in [1.29, 1.82) is 0 Å². The zero-order valence-corrected chi connectivity index (χ0v) is 13.7. The van der Waals surface area contributed by atoms with E-state index in [1.165, 1.54) is 6.07 Å². The number of aliphatic hydroxyl groups excluding tert-OH is 1. The quantitative estimate of drug-likeness (QED) is 0.779. The summed E-state index contributed by atoms with van der Waals surface area (Å²) in [5, 5.41) is 8.99. The first kappa shape index (κ1) is 15.4. The third-order valence-electron chi connectivity index (χ3n) is 2.71. The Bertz CT molecular complexity index is 679. The third kappa shape index (κ3) is 3.56. The van der Waals surface area contributed by atoms with E-state index in [1.54, 1.807) is 0 Å². The number of sulfonamides is 1. The van der Waals surface area contributed by atoms with Crippen molar-refractivity contribution in [3.8, 4) is 0 Å². The van der Waals surface area contributed by atoms with Crippen LogP contribution in [0.1, 0.15) is 11.3 Å². The summed E-state index contributed by atoms with van der Waals surface area (Å²) >= 11 is 4.26. The molecule has 0 amide bonds. The summed E-state index contributed by atoms with van der Waals surface area (Å²) in [5.41, 5.74) is 0. The Hall–Kier alpha value is -0.000000000000000222. The van der Waals surface area contributed by atoms with Crippen LogP contribution in [0.25, 0.3) is 0 Å². The van der Waals surface area contributed by atoms with Crippen LogP contribution in [0, 0.1) is 0 Å². The zero-order valence-electron chi connectivity index (χ0n) is 9.67. The molecule has 0 spiro atoms. The molecule has 2 heterocycles. The van der Waals surface area contributed by atoms with E-state index in [-0.39, 0.29) is 29.4 Å². The lowest BCUT2D eigenvalue weighted by Crippen LogP contribution is -2.35. The number of thiophene rings is 1. The van der Waals surface area contributed by atoms with Crippen molar-refractivity contribution in [1.82, 2.24) is 4.72 Å². The van der Waals surface area contributed by atoms with Crippen LogP contribution in [0.5, 0.6) is 0 Å². The largest absolute Gasteiger partial charge is 0.391 e. The molecular weight excluding hydrogens is 378 g/mol. The van der Waals surface area contributed by atoms with Gasteiger partial charge in [0, 0.05) is 10.9 Å². The lowest BCUT2D eigenvalue weighted by atomic mass is 10.3. The Balaban J connectivity index is 2.21. The third-order valence-corrected chi connectivity index (χ3v) is 8.23. The van der Waals surface area contributed by atoms with Gasteiger partial charge >= 0.3 is 0 Å². The van der Waals surface area contributed by atoms with Crippen molar-refractivity contribution in [2.24, 2.45) is 0 Å². The Labute approximate surface area is 123 Å². The fourth-order valence-electron chi connectivity index (χ4n) is 1.83. The molecule has 1 aliphatic heterocycles. The molecule has 0 bridgehead atoms. The highest BCUT2D eigenvalue weighted by Crippen LogP contribution is 2.32. The fraction of sp³-hybridized carbons (Fsp3) is 0.556. The van der Waals surface area contributed by atoms with Gasteiger partial charge in [0.25, 0.3) is 0 Å². The van der Waals surface area contributed by atoms with Gasteiger partial charge in [-0.15, -0.1) is 11.3 Å². The Morgan fingerprint density at radius 1 is 1.53 bits per heavy atom. The standard InChI is InChI=1S/C9H12BrNO5S3/c10-9-8(3-7(4-12)17-9)19(15,16)11-6-1-2-18(13,14)5-6/h3,6,11-12H,1-2,4-5H2. The number of halogens is 1. The molecule has 1 aromatic heterocycles. The van der Waals surface area contributed by atoms with E-state index in [0.29, 0.717) is 8.66 Å². The first-order chi connectivity index (χ1) is 8.73. The molecule has 2 rings (SSSR count). The molecule has 1 saturated heterocycles. The second kappa shape index (κ2) is 5.41. The molecule has 6 nitrogen and oxygen atoms in total. The topological polar surface area (TPSA) is 101 Å². The number of hydrogen-bond acceptors (Lipinski definition) is 6. The number of aliphatic hydroxyl groups is 1. The predicted molar refractivity (Wildman–Crippen MR) is 75.3 cm³/mol. The highest BCUT2D eigenvalue weighted by Gasteiger charge is 2.32. The SMILES string of the molecule is O=S1(=O)CCC(NS(=O)(=O)c2cc(CO)sc2Br)C1. The molecule has 19 heavy (non-hydrogen) atoms. The summed E-state index contributed by atoms with van der Waals surface area (Å²) in [6.07, 6.45) is 0.288. The number of hydrogen-bond donors (Lipinski definition) is 2. The normalized spacial score (nSPS) is 22.7. The Kier molecular flexibility index (Phi) is 4.38. The van der Waals surface area contributed by atoms with E-state index >= 15 is 0 Å². The van der Waals surface area contributed by atoms with Gasteiger partial charge < -0.3 is 5.11 Å². The summed E-state index contributed by atoms with van der Waals surface area (Å²) in [6.45, 7) is -0.239. The van der Waals surface area contributed by atoms with Gasteiger partial charge in [-0.2, -0.15) is 0 Å². The van der Waals surface area contributed by atoms with Gasteiger partial charge in [-0.1, -0.05) is 0 Å². The van der Waals surface area contributed by atoms with E-state index in [4.69, 9.17) is 5.11 Å². The second-order valence-electron chi connectivity index (χ2n) is 4.23. The van der Waals surface area contributed by atoms with Crippen LogP contribution in [0.15, 0.2) is 14.7 Å². The van der Waals surface area contributed by atoms with E-state index in [0.717, 1.165) is 11.3 Å². The fourth-order valence-corrected chi connectivity index (χ4v) is 7.42. The van der Waals surface area contributed by atoms with Crippen LogP contribution < -0.4 is 4.72 Å². The molecule has 0 radical (unpaired) electrons. The van der Waals surface area contributed by atoms with Crippen molar-refractivity contribution in [2.45, 2.75) is 24.0 Å². The Morgan fingerprint density at radius 2 is 2.21 bits per heavy atom. The van der Waals surface area contributed by atoms with Crippen molar-refractivity contribution in [3.05, 3.63) is 14.7 Å². The summed E-state index contributed by atoms with van der Waals surface area (Å²) in [5.74, 6) is -0.159. The maximum absolute atomic E-state index is 12.1. The lowest BCUT2D eigenvalue weighted by Gasteiger charge is -2.10. The first-order valence-electron chi connectivity index (χ1n) is 5.35. The van der Waals surface area contributed by atoms with Crippen LogP contribution in [0.2, 0.25) is 0 Å². The lowest BCUT2D eigenvalue weighted by molar-refractivity contribution is 0.285. The van der Waals surface area contributed by atoms with Crippen molar-refractivity contribution < 1.29 is 21.9 Å². The van der Waals surface area contributed by atoms with Gasteiger partial charge in [0.2, 0.25) is 10.0 Å². The molecule has 2 N–H and O–H groups in total. The molecular formula is C9H12BrNO5S3. The van der Waals surface area contributed by atoms with E-state index in [1.807, 2.05) is 0 Å². The van der Waals surface area contributed by atoms with E-state index < -0.39 is 25.9 Å². The average molecular weight is 390 g/mol. The van der Waals surface area contributed by atoms with Gasteiger partial charge in [-0.3, -0.25) is 0 Å². The van der Waals surface area contributed by atoms with Crippen LogP contribution in [0.3, 0.4) is 0 Å². The van der Waals surface area contributed by atoms with Crippen LogP contribution in [-0.2, 0) is 26.5 Å². The van der Waals surface area contributed by atoms with Crippen LogP contribution in [-0.4, -0.2) is 39.5 Å². The molecule has 1 fully saturated rings. The molecule has 1 atom stereocenters. The minimum absolute atomic E-state index is 0.00683. The highest BCUT2D eigenvalue weighted by molar-refractivity contribution is 9.11. The molecule has 1 aromatic rings. The minimum Gasteiger partial charge on any atom is -0.391 e. The summed E-state index contributed by atoms with van der Waals surface area (Å²) in [7, 11) is -6.91. The average Bonchev–Trinajstić information content (AvgIpc) is 2.81. The molecule has 0 saturated carbocycles. The molecule has 1 aliphatic rings. The minimum atomic E-state index is -3.78. The second-order valence-corrected chi connectivity index (χ2v) is 10.6. The summed E-state index contributed by atoms with van der Waals surface area (Å²) in [4.78, 5) is 0.553. The van der Waals surface area contributed by atoms with Gasteiger partial charge in [0.05, 0.1) is 21.9 Å². The number of sulfone groups is 1. The summed E-state index contributed by atoms with van der Waals surface area (Å²) in [6, 6.07) is 0.792. The van der Waals surface area contributed by atoms with E-state index in [9.17, 15) is 16.8 Å². The van der Waals surface area contributed by atoms with Gasteiger partial charge in [-0.25, -0.2) is 21.6 Å². The maximum atomic E-state index is 12.1. The first-order valence-corrected chi connectivity index (χ1v) is 10.3. The zero-order chi connectivity index (χ0) is 14.3. The van der Waals surface area contributed by atoms with Gasteiger partial charge in [-0.05, 0) is 28.4 Å². The molecule has 1 unspecified atom stereocenters. The van der Waals surface area contributed by atoms with Crippen molar-refractivity contribution >= 4 is 47.1 Å². The smallest absolute Gasteiger partial charge is 0.242 e. The maximum Gasteiger partial charge on any atom is 0.242 e. The Morgan fingerprint density at radius 3 is 2.68 bits per heavy atom. The highest BCUT2D eigenvalue weighted by atomic mass is 79.9. The van der Waals surface area contributed by atoms with Crippen molar-refractivity contribution in [3.63, 3.8) is 0 Å².